The van der Waals surface area contributed by atoms with Gasteiger partial charge in [0.1, 0.15) is 6.61 Å². The zero-order chi connectivity index (χ0) is 33.6. The summed E-state index contributed by atoms with van der Waals surface area (Å²) in [7, 11) is 0. The van der Waals surface area contributed by atoms with Gasteiger partial charge in [0.2, 0.25) is 0 Å². The predicted molar refractivity (Wildman–Crippen MR) is 196 cm³/mol. The van der Waals surface area contributed by atoms with E-state index in [1.807, 2.05) is 0 Å². The molecule has 0 aromatic heterocycles. The van der Waals surface area contributed by atoms with E-state index in [4.69, 9.17) is 9.47 Å². The van der Waals surface area contributed by atoms with E-state index in [-0.39, 0.29) is 25.2 Å². The van der Waals surface area contributed by atoms with Crippen molar-refractivity contribution in [2.24, 2.45) is 0 Å². The average Bonchev–Trinajstić information content (AvgIpc) is 3.06. The van der Waals surface area contributed by atoms with Gasteiger partial charge in [0, 0.05) is 12.8 Å². The number of unbranched alkanes of at least 4 members (excludes halogenated alkanes) is 12. The maximum Gasteiger partial charge on any atom is 0.306 e. The van der Waals surface area contributed by atoms with Crippen molar-refractivity contribution in [2.45, 2.75) is 161 Å². The molecule has 0 fully saturated rings. The van der Waals surface area contributed by atoms with Crippen molar-refractivity contribution in [3.8, 4) is 0 Å². The van der Waals surface area contributed by atoms with Crippen LogP contribution in [0.15, 0.2) is 72.9 Å². The summed E-state index contributed by atoms with van der Waals surface area (Å²) < 4.78 is 10.5. The van der Waals surface area contributed by atoms with Gasteiger partial charge in [0.05, 0.1) is 6.61 Å². The molecule has 0 saturated carbocycles. The van der Waals surface area contributed by atoms with E-state index in [1.54, 1.807) is 0 Å². The van der Waals surface area contributed by atoms with Crippen LogP contribution >= 0.6 is 0 Å². The Kier molecular flexibility index (Phi) is 34.7. The van der Waals surface area contributed by atoms with Crippen molar-refractivity contribution in [1.82, 2.24) is 0 Å². The standard InChI is InChI=1S/C41H68O5/c1-3-5-7-9-11-13-15-17-19-20-22-23-25-27-29-31-33-35-40(43)45-38-39(37-42)46-41(44)36-34-32-30-28-26-24-21-18-16-14-12-10-8-6-4-2/h11-14,17-19,21-23,27,29,39,42H,3-10,15-16,20,24-26,28,30-38H2,1-2H3/b13-11+,14-12+,19-17+,21-18+,23-22+,29-27+/t39-/m0/s1. The van der Waals surface area contributed by atoms with Gasteiger partial charge >= 0.3 is 11.9 Å². The molecule has 0 radical (unpaired) electrons. The second-order valence-electron chi connectivity index (χ2n) is 11.9. The van der Waals surface area contributed by atoms with E-state index in [2.05, 4.69) is 86.8 Å². The zero-order valence-corrected chi connectivity index (χ0v) is 29.6. The number of esters is 2. The van der Waals surface area contributed by atoms with E-state index in [0.29, 0.717) is 19.3 Å². The van der Waals surface area contributed by atoms with Crippen LogP contribution in [0.1, 0.15) is 155 Å². The molecule has 0 saturated heterocycles. The molecule has 0 aromatic carbocycles. The van der Waals surface area contributed by atoms with Gasteiger partial charge in [0.25, 0.3) is 0 Å². The van der Waals surface area contributed by atoms with E-state index in [0.717, 1.165) is 64.2 Å². The van der Waals surface area contributed by atoms with Gasteiger partial charge in [0.15, 0.2) is 6.10 Å². The van der Waals surface area contributed by atoms with Crippen LogP contribution in [-0.4, -0.2) is 36.4 Å². The van der Waals surface area contributed by atoms with Crippen LogP contribution in [0.3, 0.4) is 0 Å². The molecule has 0 bridgehead atoms. The molecule has 0 aliphatic carbocycles. The van der Waals surface area contributed by atoms with Crippen molar-refractivity contribution >= 4 is 11.9 Å². The van der Waals surface area contributed by atoms with Crippen LogP contribution in [-0.2, 0) is 19.1 Å². The molecule has 0 spiro atoms. The molecule has 0 heterocycles. The third-order valence-corrected chi connectivity index (χ3v) is 7.47. The maximum absolute atomic E-state index is 12.1. The molecule has 5 heteroatoms. The third kappa shape index (κ3) is 34.2. The Bertz CT molecular complexity index is 864. The molecule has 1 atom stereocenters. The molecular formula is C41H68O5. The molecule has 262 valence electrons. The smallest absolute Gasteiger partial charge is 0.306 e. The SMILES string of the molecule is CCCCC/C=C/C/C=C/C/C=C/C/C=C/CCCC(=O)OC[C@H](CO)OC(=O)CCCCCCC/C=C/C/C=C/CCCCC. The molecule has 0 aromatic rings. The quantitative estimate of drug-likeness (QED) is 0.0450. The number of ether oxygens (including phenoxy) is 2. The Morgan fingerprint density at radius 3 is 1.37 bits per heavy atom. The summed E-state index contributed by atoms with van der Waals surface area (Å²) in [4.78, 5) is 24.2. The highest BCUT2D eigenvalue weighted by Gasteiger charge is 2.15. The van der Waals surface area contributed by atoms with Crippen molar-refractivity contribution < 1.29 is 24.2 Å². The summed E-state index contributed by atoms with van der Waals surface area (Å²) in [6.45, 7) is 4.00. The second kappa shape index (κ2) is 36.8. The molecule has 0 rings (SSSR count). The minimum atomic E-state index is -0.803. The van der Waals surface area contributed by atoms with Crippen LogP contribution in [0, 0.1) is 0 Å². The van der Waals surface area contributed by atoms with Gasteiger partial charge in [-0.3, -0.25) is 9.59 Å². The summed E-state index contributed by atoms with van der Waals surface area (Å²) in [6, 6.07) is 0. The molecule has 1 N–H and O–H groups in total. The van der Waals surface area contributed by atoms with E-state index < -0.39 is 6.10 Å². The number of aliphatic hydroxyl groups is 1. The first kappa shape index (κ1) is 43.3. The average molecular weight is 641 g/mol. The Balaban J connectivity index is 3.73. The highest BCUT2D eigenvalue weighted by Crippen LogP contribution is 2.10. The number of carbonyl (C=O) groups is 2. The number of hydrogen-bond acceptors (Lipinski definition) is 5. The maximum atomic E-state index is 12.1. The number of rotatable bonds is 32. The topological polar surface area (TPSA) is 72.8 Å². The molecular weight excluding hydrogens is 572 g/mol. The number of allylic oxidation sites excluding steroid dienone is 12. The summed E-state index contributed by atoms with van der Waals surface area (Å²) >= 11 is 0. The normalized spacial score (nSPS) is 13.0. The van der Waals surface area contributed by atoms with E-state index in [9.17, 15) is 14.7 Å². The largest absolute Gasteiger partial charge is 0.462 e. The fourth-order valence-corrected chi connectivity index (χ4v) is 4.63. The minimum absolute atomic E-state index is 0.104. The van der Waals surface area contributed by atoms with Crippen molar-refractivity contribution in [3.63, 3.8) is 0 Å². The van der Waals surface area contributed by atoms with Crippen molar-refractivity contribution in [2.75, 3.05) is 13.2 Å². The van der Waals surface area contributed by atoms with Gasteiger partial charge < -0.3 is 14.6 Å². The summed E-state index contributed by atoms with van der Waals surface area (Å²) in [5.74, 6) is -0.680. The minimum Gasteiger partial charge on any atom is -0.462 e. The first-order chi connectivity index (χ1) is 22.6. The Hall–Kier alpha value is -2.66. The molecule has 0 unspecified atom stereocenters. The third-order valence-electron chi connectivity index (χ3n) is 7.47. The molecule has 46 heavy (non-hydrogen) atoms. The first-order valence-corrected chi connectivity index (χ1v) is 18.5. The fraction of sp³-hybridized carbons (Fsp3) is 0.659. The Labute approximate surface area is 283 Å². The van der Waals surface area contributed by atoms with Crippen LogP contribution < -0.4 is 0 Å². The van der Waals surface area contributed by atoms with E-state index >= 15 is 0 Å². The van der Waals surface area contributed by atoms with Crippen LogP contribution in [0.5, 0.6) is 0 Å². The summed E-state index contributed by atoms with van der Waals surface area (Å²) in [5, 5.41) is 9.53. The Morgan fingerprint density at radius 1 is 0.500 bits per heavy atom. The van der Waals surface area contributed by atoms with Crippen molar-refractivity contribution in [3.05, 3.63) is 72.9 Å². The van der Waals surface area contributed by atoms with Gasteiger partial charge in [-0.2, -0.15) is 0 Å². The molecule has 0 amide bonds. The lowest BCUT2D eigenvalue weighted by atomic mass is 10.1. The lowest BCUT2D eigenvalue weighted by molar-refractivity contribution is -0.161. The Morgan fingerprint density at radius 2 is 0.891 bits per heavy atom. The summed E-state index contributed by atoms with van der Waals surface area (Å²) in [5.41, 5.74) is 0. The van der Waals surface area contributed by atoms with Gasteiger partial charge in [-0.05, 0) is 83.5 Å². The number of hydrogen-bond donors (Lipinski definition) is 1. The van der Waals surface area contributed by atoms with Gasteiger partial charge in [-0.25, -0.2) is 0 Å². The highest BCUT2D eigenvalue weighted by molar-refractivity contribution is 5.70. The molecule has 0 aliphatic rings. The van der Waals surface area contributed by atoms with E-state index in [1.165, 1.54) is 57.8 Å². The second-order valence-corrected chi connectivity index (χ2v) is 11.9. The number of carbonyl (C=O) groups excluding carboxylic acids is 2. The lowest BCUT2D eigenvalue weighted by Gasteiger charge is -2.15. The number of aliphatic hydroxyl groups excluding tert-OH is 1. The van der Waals surface area contributed by atoms with Crippen LogP contribution in [0.2, 0.25) is 0 Å². The lowest BCUT2D eigenvalue weighted by Crippen LogP contribution is -2.28. The van der Waals surface area contributed by atoms with Gasteiger partial charge in [-0.1, -0.05) is 132 Å². The van der Waals surface area contributed by atoms with Gasteiger partial charge in [-0.15, -0.1) is 0 Å². The summed E-state index contributed by atoms with van der Waals surface area (Å²) in [6.07, 6.45) is 48.1. The van der Waals surface area contributed by atoms with Crippen LogP contribution in [0.4, 0.5) is 0 Å². The molecule has 0 aliphatic heterocycles. The highest BCUT2D eigenvalue weighted by atomic mass is 16.6. The van der Waals surface area contributed by atoms with Crippen LogP contribution in [0.25, 0.3) is 0 Å². The monoisotopic (exact) mass is 641 g/mol. The van der Waals surface area contributed by atoms with Crippen molar-refractivity contribution in [1.29, 1.82) is 0 Å². The zero-order valence-electron chi connectivity index (χ0n) is 29.6. The fourth-order valence-electron chi connectivity index (χ4n) is 4.63. The predicted octanol–water partition coefficient (Wildman–Crippen LogP) is 11.4. The molecule has 5 nitrogen and oxygen atoms in total. The first-order valence-electron chi connectivity index (χ1n) is 18.5.